The van der Waals surface area contributed by atoms with Crippen molar-refractivity contribution in [2.75, 3.05) is 16.8 Å². The van der Waals surface area contributed by atoms with E-state index in [0.717, 1.165) is 22.5 Å². The van der Waals surface area contributed by atoms with Gasteiger partial charge >= 0.3 is 0 Å². The molecule has 7 heteroatoms. The number of aromatic nitrogens is 1. The molecule has 1 aromatic heterocycles. The number of para-hydroxylation sites is 1. The van der Waals surface area contributed by atoms with Crippen molar-refractivity contribution in [3.8, 4) is 0 Å². The Kier molecular flexibility index (Phi) is 5.61. The topological polar surface area (TPSA) is 31.4 Å². The number of likely N-dealkylation sites (N-methyl/N-ethyl adjacent to an activating group) is 1. The number of thiocarbonyl (C=S) groups is 1. The summed E-state index contributed by atoms with van der Waals surface area (Å²) in [5, 5.41) is 4.42. The lowest BCUT2D eigenvalue weighted by Crippen LogP contribution is -2.42. The maximum absolute atomic E-state index is 15.0. The van der Waals surface area contributed by atoms with Crippen molar-refractivity contribution >= 4 is 45.9 Å². The summed E-state index contributed by atoms with van der Waals surface area (Å²) in [7, 11) is 2.08. The van der Waals surface area contributed by atoms with Gasteiger partial charge in [0, 0.05) is 29.5 Å². The van der Waals surface area contributed by atoms with Crippen molar-refractivity contribution in [2.45, 2.75) is 38.4 Å². The highest BCUT2D eigenvalue weighted by atomic mass is 35.5. The molecule has 2 aromatic carbocycles. The van der Waals surface area contributed by atoms with Gasteiger partial charge in [-0.3, -0.25) is 4.98 Å². The number of rotatable bonds is 3. The van der Waals surface area contributed by atoms with Gasteiger partial charge in [0.25, 0.3) is 0 Å². The average Bonchev–Trinajstić information content (AvgIpc) is 3.14. The Morgan fingerprint density at radius 2 is 1.82 bits per heavy atom. The minimum Gasteiger partial charge on any atom is -0.365 e. The summed E-state index contributed by atoms with van der Waals surface area (Å²) in [6.45, 7) is 6.48. The fourth-order valence-corrected chi connectivity index (χ4v) is 5.60. The Bertz CT molecular complexity index is 1310. The van der Waals surface area contributed by atoms with E-state index in [1.54, 1.807) is 18.3 Å². The van der Waals surface area contributed by atoms with E-state index in [2.05, 4.69) is 55.2 Å². The zero-order chi connectivity index (χ0) is 24.2. The van der Waals surface area contributed by atoms with Crippen LogP contribution in [0.25, 0.3) is 5.57 Å². The third kappa shape index (κ3) is 3.65. The summed E-state index contributed by atoms with van der Waals surface area (Å²) in [6.07, 6.45) is 4.01. The molecule has 2 atom stereocenters. The first-order chi connectivity index (χ1) is 16.2. The summed E-state index contributed by atoms with van der Waals surface area (Å²) in [4.78, 5) is 8.64. The second-order valence-electron chi connectivity index (χ2n) is 9.38. The van der Waals surface area contributed by atoms with E-state index in [1.807, 2.05) is 35.2 Å². The molecule has 3 heterocycles. The van der Waals surface area contributed by atoms with E-state index in [9.17, 15) is 0 Å². The van der Waals surface area contributed by atoms with E-state index < -0.39 is 0 Å². The molecule has 174 valence electrons. The normalized spacial score (nSPS) is 21.2. The van der Waals surface area contributed by atoms with E-state index in [0.29, 0.717) is 15.8 Å². The van der Waals surface area contributed by atoms with Crippen molar-refractivity contribution in [3.63, 3.8) is 0 Å². The van der Waals surface area contributed by atoms with Crippen LogP contribution in [0.15, 0.2) is 66.9 Å². The Hall–Kier alpha value is -2.96. The molecule has 0 saturated carbocycles. The number of anilines is 2. The highest BCUT2D eigenvalue weighted by Crippen LogP contribution is 2.48. The second kappa shape index (κ2) is 8.36. The molecule has 0 aliphatic carbocycles. The van der Waals surface area contributed by atoms with Crippen LogP contribution in [0.2, 0.25) is 5.02 Å². The number of nitrogens with one attached hydrogen (secondary N) is 1. The molecule has 0 spiro atoms. The summed E-state index contributed by atoms with van der Waals surface area (Å²) in [6, 6.07) is 15.9. The fraction of sp³-hybridized carbons (Fsp3) is 0.259. The van der Waals surface area contributed by atoms with Crippen LogP contribution >= 0.6 is 23.8 Å². The number of hydrogen-bond acceptors (Lipinski definition) is 3. The lowest BCUT2D eigenvalue weighted by atomic mass is 9.86. The van der Waals surface area contributed by atoms with E-state index in [-0.39, 0.29) is 23.4 Å². The molecular formula is C27H26ClFN4S. The smallest absolute Gasteiger partial charge is 0.174 e. The van der Waals surface area contributed by atoms with Gasteiger partial charge in [-0.25, -0.2) is 4.39 Å². The first-order valence-corrected chi connectivity index (χ1v) is 12.0. The molecular weight excluding hydrogens is 467 g/mol. The molecule has 34 heavy (non-hydrogen) atoms. The lowest BCUT2D eigenvalue weighted by molar-refractivity contribution is 0.557. The third-order valence-corrected chi connectivity index (χ3v) is 7.51. The Balaban J connectivity index is 1.72. The maximum atomic E-state index is 15.0. The van der Waals surface area contributed by atoms with Gasteiger partial charge in [-0.05, 0) is 80.5 Å². The van der Waals surface area contributed by atoms with Crippen molar-refractivity contribution in [3.05, 3.63) is 94.5 Å². The maximum Gasteiger partial charge on any atom is 0.174 e. The molecule has 4 nitrogen and oxygen atoms in total. The Morgan fingerprint density at radius 1 is 1.09 bits per heavy atom. The van der Waals surface area contributed by atoms with Gasteiger partial charge in [0.05, 0.1) is 29.0 Å². The van der Waals surface area contributed by atoms with E-state index in [4.69, 9.17) is 23.8 Å². The molecule has 2 aliphatic heterocycles. The Labute approximate surface area is 210 Å². The van der Waals surface area contributed by atoms with Crippen LogP contribution in [0.5, 0.6) is 0 Å². The number of benzene rings is 2. The molecule has 2 aliphatic rings. The number of halogens is 2. The molecule has 3 aromatic rings. The molecule has 0 radical (unpaired) electrons. The number of allylic oxidation sites excluding steroid dienone is 1. The Morgan fingerprint density at radius 3 is 2.53 bits per heavy atom. The quantitative estimate of drug-likeness (QED) is 0.412. The van der Waals surface area contributed by atoms with Gasteiger partial charge in [0.1, 0.15) is 5.82 Å². The third-order valence-electron chi connectivity index (χ3n) is 6.86. The summed E-state index contributed by atoms with van der Waals surface area (Å²) >= 11 is 12.7. The molecule has 5 rings (SSSR count). The molecule has 0 unspecified atom stereocenters. The van der Waals surface area contributed by atoms with Crippen molar-refractivity contribution in [1.29, 1.82) is 0 Å². The molecule has 1 saturated heterocycles. The molecule has 1 N–H and O–H groups in total. The van der Waals surface area contributed by atoms with Gasteiger partial charge in [-0.2, -0.15) is 0 Å². The monoisotopic (exact) mass is 492 g/mol. The lowest BCUT2D eigenvalue weighted by Gasteiger charge is -2.41. The van der Waals surface area contributed by atoms with Gasteiger partial charge in [0.15, 0.2) is 5.11 Å². The van der Waals surface area contributed by atoms with Crippen LogP contribution in [-0.2, 0) is 0 Å². The predicted molar refractivity (Wildman–Crippen MR) is 142 cm³/mol. The van der Waals surface area contributed by atoms with Crippen LogP contribution in [0, 0.1) is 5.82 Å². The van der Waals surface area contributed by atoms with Crippen molar-refractivity contribution in [1.82, 2.24) is 10.3 Å². The summed E-state index contributed by atoms with van der Waals surface area (Å²) in [5.74, 6) is -0.343. The van der Waals surface area contributed by atoms with Gasteiger partial charge in [0.2, 0.25) is 0 Å². The summed E-state index contributed by atoms with van der Waals surface area (Å²) < 4.78 is 15.0. The number of nitrogens with zero attached hydrogens (tertiary/aromatic N) is 3. The van der Waals surface area contributed by atoms with Gasteiger partial charge in [-0.1, -0.05) is 35.9 Å². The fourth-order valence-electron chi connectivity index (χ4n) is 4.99. The average molecular weight is 493 g/mol. The SMILES string of the molecule is CC1=CC(C)(C)N(C)c2cc(Cl)c([C@@H]3[C@@H](c4ccccn4)NC(=S)N3c3ccccc3F)cc21. The minimum atomic E-state index is -0.384. The molecule has 0 bridgehead atoms. The minimum absolute atomic E-state index is 0.131. The number of hydrogen-bond donors (Lipinski definition) is 1. The highest BCUT2D eigenvalue weighted by Gasteiger charge is 2.43. The zero-order valence-electron chi connectivity index (χ0n) is 19.5. The molecule has 0 amide bonds. The van der Waals surface area contributed by atoms with Crippen molar-refractivity contribution in [2.24, 2.45) is 0 Å². The number of fused-ring (bicyclic) bond motifs is 1. The first-order valence-electron chi connectivity index (χ1n) is 11.2. The van der Waals surface area contributed by atoms with Crippen LogP contribution < -0.4 is 15.1 Å². The van der Waals surface area contributed by atoms with Gasteiger partial charge < -0.3 is 15.1 Å². The van der Waals surface area contributed by atoms with Gasteiger partial charge in [-0.15, -0.1) is 0 Å². The summed E-state index contributed by atoms with van der Waals surface area (Å²) in [5.41, 5.74) is 5.31. The van der Waals surface area contributed by atoms with E-state index in [1.165, 1.54) is 11.6 Å². The zero-order valence-corrected chi connectivity index (χ0v) is 21.1. The molecule has 1 fully saturated rings. The van der Waals surface area contributed by atoms with E-state index >= 15 is 4.39 Å². The van der Waals surface area contributed by atoms with Crippen LogP contribution in [0.3, 0.4) is 0 Å². The number of pyridine rings is 1. The van der Waals surface area contributed by atoms with Crippen molar-refractivity contribution < 1.29 is 4.39 Å². The second-order valence-corrected chi connectivity index (χ2v) is 10.2. The predicted octanol–water partition coefficient (Wildman–Crippen LogP) is 6.68. The van der Waals surface area contributed by atoms with Crippen LogP contribution in [0.1, 0.15) is 49.7 Å². The highest BCUT2D eigenvalue weighted by molar-refractivity contribution is 7.80. The standard InChI is InChI=1S/C27H26ClFN4S/c1-16-15-27(2,3)32(4)23-14-19(28)18(13-17(16)23)25-24(21-10-7-8-12-30-21)31-26(34)33(25)22-11-6-5-9-20(22)29/h5-15,24-25H,1-4H3,(H,31,34)/t24-,25-/m1/s1. The van der Waals surface area contributed by atoms with Crippen LogP contribution in [0.4, 0.5) is 15.8 Å². The van der Waals surface area contributed by atoms with Crippen LogP contribution in [-0.4, -0.2) is 22.7 Å². The first kappa shape index (κ1) is 22.8. The largest absolute Gasteiger partial charge is 0.365 e.